The van der Waals surface area contributed by atoms with Crippen LogP contribution >= 0.6 is 0 Å². The summed E-state index contributed by atoms with van der Waals surface area (Å²) in [6, 6.07) is 9.00. The van der Waals surface area contributed by atoms with Crippen molar-refractivity contribution in [2.45, 2.75) is 19.4 Å². The number of ether oxygens (including phenoxy) is 1. The van der Waals surface area contributed by atoms with E-state index >= 15 is 0 Å². The molecular weight excluding hydrogens is 369 g/mol. The highest BCUT2D eigenvalue weighted by atomic mass is 19.1. The van der Waals surface area contributed by atoms with Gasteiger partial charge < -0.3 is 15.4 Å². The van der Waals surface area contributed by atoms with E-state index in [1.54, 1.807) is 6.92 Å². The number of halogens is 1. The largest absolute Gasteiger partial charge is 0.468 e. The van der Waals surface area contributed by atoms with Gasteiger partial charge in [0, 0.05) is 30.8 Å². The third kappa shape index (κ3) is 5.58. The zero-order valence-electron chi connectivity index (χ0n) is 15.4. The molecule has 9 heteroatoms. The third-order valence-corrected chi connectivity index (χ3v) is 3.99. The molecule has 28 heavy (non-hydrogen) atoms. The summed E-state index contributed by atoms with van der Waals surface area (Å²) in [7, 11) is 1.24. The number of rotatable bonds is 8. The second kappa shape index (κ2) is 9.56. The Bertz CT molecular complexity index is 888. The Morgan fingerprint density at radius 3 is 2.64 bits per heavy atom. The minimum absolute atomic E-state index is 0.0103. The molecule has 1 amide bonds. The number of benzene rings is 2. The predicted molar refractivity (Wildman–Crippen MR) is 100 cm³/mol. The summed E-state index contributed by atoms with van der Waals surface area (Å²) in [6.45, 7) is 1.72. The summed E-state index contributed by atoms with van der Waals surface area (Å²) in [6.07, 6.45) is 0.0103. The van der Waals surface area contributed by atoms with Crippen LogP contribution in [0, 0.1) is 22.9 Å². The summed E-state index contributed by atoms with van der Waals surface area (Å²) in [5, 5.41) is 16.2. The maximum Gasteiger partial charge on any atom is 0.327 e. The van der Waals surface area contributed by atoms with Gasteiger partial charge in [-0.25, -0.2) is 9.18 Å². The van der Waals surface area contributed by atoms with Gasteiger partial charge in [-0.05, 0) is 30.2 Å². The lowest BCUT2D eigenvalue weighted by atomic mass is 10.0. The van der Waals surface area contributed by atoms with Gasteiger partial charge in [0.25, 0.3) is 5.69 Å². The molecule has 0 bridgehead atoms. The molecule has 0 spiro atoms. The molecule has 1 atom stereocenters. The van der Waals surface area contributed by atoms with Crippen LogP contribution in [0.5, 0.6) is 0 Å². The lowest BCUT2D eigenvalue weighted by Gasteiger charge is -2.17. The number of carbonyl (C=O) groups is 2. The van der Waals surface area contributed by atoms with Crippen molar-refractivity contribution in [1.82, 2.24) is 5.32 Å². The van der Waals surface area contributed by atoms with E-state index in [1.165, 1.54) is 49.6 Å². The summed E-state index contributed by atoms with van der Waals surface area (Å²) in [5.74, 6) is -1.33. The van der Waals surface area contributed by atoms with Crippen molar-refractivity contribution in [2.24, 2.45) is 0 Å². The van der Waals surface area contributed by atoms with Crippen LogP contribution < -0.4 is 10.6 Å². The van der Waals surface area contributed by atoms with Crippen molar-refractivity contribution in [3.8, 4) is 0 Å². The Balaban J connectivity index is 1.97. The van der Waals surface area contributed by atoms with Gasteiger partial charge in [0.1, 0.15) is 11.9 Å². The van der Waals surface area contributed by atoms with Crippen LogP contribution in [-0.4, -0.2) is 30.5 Å². The topological polar surface area (TPSA) is 111 Å². The minimum atomic E-state index is -0.852. The van der Waals surface area contributed by atoms with Gasteiger partial charge in [-0.2, -0.15) is 0 Å². The SMILES string of the molecule is COC(=O)C(NCCC(=O)Nc1cccc([N+](=O)[O-])c1)c1ccc(F)c(C)c1. The van der Waals surface area contributed by atoms with E-state index in [0.29, 0.717) is 16.8 Å². The quantitative estimate of drug-likeness (QED) is 0.408. The van der Waals surface area contributed by atoms with Gasteiger partial charge in [0.05, 0.1) is 12.0 Å². The second-order valence-electron chi connectivity index (χ2n) is 6.02. The summed E-state index contributed by atoms with van der Waals surface area (Å²) in [5.41, 5.74) is 1.08. The zero-order chi connectivity index (χ0) is 20.7. The number of methoxy groups -OCH3 is 1. The molecule has 0 heterocycles. The number of nitro groups is 1. The number of hydrogen-bond donors (Lipinski definition) is 2. The highest BCUT2D eigenvalue weighted by molar-refractivity contribution is 5.91. The first-order valence-corrected chi connectivity index (χ1v) is 8.43. The Morgan fingerprint density at radius 2 is 2.00 bits per heavy atom. The lowest BCUT2D eigenvalue weighted by molar-refractivity contribution is -0.384. The molecule has 148 valence electrons. The molecule has 1 unspecified atom stereocenters. The minimum Gasteiger partial charge on any atom is -0.468 e. The Hall–Kier alpha value is -3.33. The summed E-state index contributed by atoms with van der Waals surface area (Å²) < 4.78 is 18.2. The van der Waals surface area contributed by atoms with Crippen molar-refractivity contribution in [3.63, 3.8) is 0 Å². The normalized spacial score (nSPS) is 11.5. The van der Waals surface area contributed by atoms with Crippen LogP contribution in [0.2, 0.25) is 0 Å². The molecule has 2 rings (SSSR count). The van der Waals surface area contributed by atoms with Crippen molar-refractivity contribution in [2.75, 3.05) is 19.0 Å². The molecule has 0 aliphatic carbocycles. The molecule has 2 N–H and O–H groups in total. The van der Waals surface area contributed by atoms with Gasteiger partial charge in [-0.3, -0.25) is 14.9 Å². The number of carbonyl (C=O) groups excluding carboxylic acids is 2. The standard InChI is InChI=1S/C19H20FN3O5/c1-12-10-13(6-7-16(12)20)18(19(25)28-2)21-9-8-17(24)22-14-4-3-5-15(11-14)23(26)27/h3-7,10-11,18,21H,8-9H2,1-2H3,(H,22,24). The Morgan fingerprint density at radius 1 is 1.25 bits per heavy atom. The molecule has 0 aromatic heterocycles. The van der Waals surface area contributed by atoms with Gasteiger partial charge >= 0.3 is 5.97 Å². The summed E-state index contributed by atoms with van der Waals surface area (Å²) >= 11 is 0. The Kier molecular flexibility index (Phi) is 7.16. The third-order valence-electron chi connectivity index (χ3n) is 3.99. The van der Waals surface area contributed by atoms with Crippen molar-refractivity contribution in [1.29, 1.82) is 0 Å². The summed E-state index contributed by atoms with van der Waals surface area (Å²) in [4.78, 5) is 34.3. The van der Waals surface area contributed by atoms with Gasteiger partial charge in [0.15, 0.2) is 0 Å². The second-order valence-corrected chi connectivity index (χ2v) is 6.02. The van der Waals surface area contributed by atoms with Gasteiger partial charge in [-0.1, -0.05) is 18.2 Å². The molecule has 8 nitrogen and oxygen atoms in total. The molecular formula is C19H20FN3O5. The first-order chi connectivity index (χ1) is 13.3. The molecule has 0 aliphatic heterocycles. The number of anilines is 1. The predicted octanol–water partition coefficient (Wildman–Crippen LogP) is 2.87. The fraction of sp³-hybridized carbons (Fsp3) is 0.263. The number of amides is 1. The average Bonchev–Trinajstić information content (AvgIpc) is 2.67. The number of nitro benzene ring substituents is 1. The molecule has 0 saturated carbocycles. The highest BCUT2D eigenvalue weighted by Crippen LogP contribution is 2.19. The van der Waals surface area contributed by atoms with Crippen LogP contribution in [-0.2, 0) is 14.3 Å². The van der Waals surface area contributed by atoms with Crippen LogP contribution in [0.25, 0.3) is 0 Å². The molecule has 0 saturated heterocycles. The molecule has 0 aliphatic rings. The van der Waals surface area contributed by atoms with E-state index in [4.69, 9.17) is 4.74 Å². The molecule has 0 fully saturated rings. The smallest absolute Gasteiger partial charge is 0.327 e. The average molecular weight is 389 g/mol. The monoisotopic (exact) mass is 389 g/mol. The molecule has 2 aromatic carbocycles. The van der Waals surface area contributed by atoms with Crippen LogP contribution in [0.1, 0.15) is 23.6 Å². The van der Waals surface area contributed by atoms with E-state index in [-0.39, 0.29) is 30.4 Å². The number of nitrogens with zero attached hydrogens (tertiary/aromatic N) is 1. The molecule has 2 aromatic rings. The van der Waals surface area contributed by atoms with Gasteiger partial charge in [-0.15, -0.1) is 0 Å². The first kappa shape index (κ1) is 21.0. The fourth-order valence-electron chi connectivity index (χ4n) is 2.55. The van der Waals surface area contributed by atoms with Crippen LogP contribution in [0.15, 0.2) is 42.5 Å². The van der Waals surface area contributed by atoms with Crippen LogP contribution in [0.3, 0.4) is 0 Å². The van der Waals surface area contributed by atoms with E-state index in [1.807, 2.05) is 0 Å². The van der Waals surface area contributed by atoms with E-state index < -0.39 is 16.9 Å². The van der Waals surface area contributed by atoms with E-state index in [2.05, 4.69) is 10.6 Å². The fourth-order valence-corrected chi connectivity index (χ4v) is 2.55. The van der Waals surface area contributed by atoms with E-state index in [9.17, 15) is 24.1 Å². The van der Waals surface area contributed by atoms with Crippen molar-refractivity contribution < 1.29 is 23.6 Å². The number of aryl methyl sites for hydroxylation is 1. The van der Waals surface area contributed by atoms with Gasteiger partial charge in [0.2, 0.25) is 5.91 Å². The number of hydrogen-bond acceptors (Lipinski definition) is 6. The van der Waals surface area contributed by atoms with Crippen molar-refractivity contribution in [3.05, 3.63) is 69.5 Å². The lowest BCUT2D eigenvalue weighted by Crippen LogP contribution is -2.32. The maximum atomic E-state index is 13.5. The molecule has 0 radical (unpaired) electrons. The first-order valence-electron chi connectivity index (χ1n) is 8.43. The number of non-ortho nitro benzene ring substituents is 1. The van der Waals surface area contributed by atoms with Crippen LogP contribution in [0.4, 0.5) is 15.8 Å². The zero-order valence-corrected chi connectivity index (χ0v) is 15.4. The highest BCUT2D eigenvalue weighted by Gasteiger charge is 2.21. The van der Waals surface area contributed by atoms with E-state index in [0.717, 1.165) is 0 Å². The maximum absolute atomic E-state index is 13.5. The number of esters is 1. The Labute approximate surface area is 160 Å². The van der Waals surface area contributed by atoms with Crippen molar-refractivity contribution >= 4 is 23.3 Å². The number of nitrogens with one attached hydrogen (secondary N) is 2.